The molecule has 98 valence electrons. The van der Waals surface area contributed by atoms with Crippen molar-refractivity contribution in [1.82, 2.24) is 4.98 Å². The molecule has 0 aliphatic carbocycles. The number of nitrogen functional groups attached to an aromatic ring is 1. The number of ether oxygens (including phenoxy) is 1. The molecule has 1 heterocycles. The number of hydrogen-bond acceptors (Lipinski definition) is 4. The highest BCUT2D eigenvalue weighted by molar-refractivity contribution is 5.50. The molecule has 0 aliphatic heterocycles. The summed E-state index contributed by atoms with van der Waals surface area (Å²) in [5, 5.41) is 8.79. The molecule has 1 rings (SSSR count). The molecule has 0 saturated carbocycles. The zero-order valence-electron chi connectivity index (χ0n) is 11.0. The van der Waals surface area contributed by atoms with E-state index in [1.165, 1.54) is 32.1 Å². The average molecular weight is 247 g/mol. The van der Waals surface area contributed by atoms with E-state index in [0.29, 0.717) is 18.2 Å². The molecule has 0 fully saturated rings. The maximum absolute atomic E-state index is 8.79. The molecule has 2 N–H and O–H groups in total. The molecule has 0 aliphatic rings. The van der Waals surface area contributed by atoms with Crippen molar-refractivity contribution in [2.24, 2.45) is 0 Å². The number of aromatic nitrogens is 1. The first-order chi connectivity index (χ1) is 8.77. The van der Waals surface area contributed by atoms with Gasteiger partial charge in [0.15, 0.2) is 5.69 Å². The lowest BCUT2D eigenvalue weighted by Gasteiger charge is -2.06. The molecule has 0 radical (unpaired) electrons. The molecule has 0 atom stereocenters. The van der Waals surface area contributed by atoms with Crippen LogP contribution in [0.2, 0.25) is 0 Å². The average Bonchev–Trinajstić information content (AvgIpc) is 2.39. The van der Waals surface area contributed by atoms with Crippen LogP contribution in [0.3, 0.4) is 0 Å². The van der Waals surface area contributed by atoms with Crippen molar-refractivity contribution in [2.75, 3.05) is 12.3 Å². The van der Waals surface area contributed by atoms with Gasteiger partial charge in [0.05, 0.1) is 12.3 Å². The van der Waals surface area contributed by atoms with Gasteiger partial charge in [-0.25, -0.2) is 4.98 Å². The lowest BCUT2D eigenvalue weighted by Crippen LogP contribution is -2.01. The maximum atomic E-state index is 8.79. The second-order valence-electron chi connectivity index (χ2n) is 4.32. The van der Waals surface area contributed by atoms with E-state index < -0.39 is 0 Å². The van der Waals surface area contributed by atoms with E-state index in [0.717, 1.165) is 6.42 Å². The van der Waals surface area contributed by atoms with Crippen LogP contribution in [0.1, 0.15) is 51.1 Å². The fourth-order valence-corrected chi connectivity index (χ4v) is 1.68. The Morgan fingerprint density at radius 3 is 2.67 bits per heavy atom. The van der Waals surface area contributed by atoms with Crippen molar-refractivity contribution < 1.29 is 4.74 Å². The fourth-order valence-electron chi connectivity index (χ4n) is 1.68. The third-order valence-corrected chi connectivity index (χ3v) is 2.75. The van der Waals surface area contributed by atoms with Gasteiger partial charge >= 0.3 is 0 Å². The van der Waals surface area contributed by atoms with Gasteiger partial charge < -0.3 is 10.5 Å². The minimum atomic E-state index is 0.232. The summed E-state index contributed by atoms with van der Waals surface area (Å²) in [6.07, 6.45) is 7.34. The van der Waals surface area contributed by atoms with Gasteiger partial charge in [0.1, 0.15) is 6.07 Å². The molecule has 4 heteroatoms. The zero-order chi connectivity index (χ0) is 13.2. The molecule has 0 spiro atoms. The monoisotopic (exact) mass is 247 g/mol. The summed E-state index contributed by atoms with van der Waals surface area (Å²) >= 11 is 0. The highest BCUT2D eigenvalue weighted by atomic mass is 16.5. The molecule has 18 heavy (non-hydrogen) atoms. The van der Waals surface area contributed by atoms with Crippen LogP contribution in [0.4, 0.5) is 5.69 Å². The van der Waals surface area contributed by atoms with Crippen molar-refractivity contribution in [3.8, 4) is 11.9 Å². The summed E-state index contributed by atoms with van der Waals surface area (Å²) in [4.78, 5) is 4.03. The summed E-state index contributed by atoms with van der Waals surface area (Å²) in [6, 6.07) is 5.30. The van der Waals surface area contributed by atoms with Gasteiger partial charge in [-0.3, -0.25) is 0 Å². The Morgan fingerprint density at radius 2 is 1.94 bits per heavy atom. The minimum absolute atomic E-state index is 0.232. The number of nitrogens with two attached hydrogens (primary N) is 1. The number of nitrogens with zero attached hydrogens (tertiary/aromatic N) is 2. The SMILES string of the molecule is CCCCCCCCOc1ccc(N)c(C#N)n1. The van der Waals surface area contributed by atoms with Crippen molar-refractivity contribution in [1.29, 1.82) is 5.26 Å². The zero-order valence-corrected chi connectivity index (χ0v) is 11.0. The van der Waals surface area contributed by atoms with Gasteiger partial charge in [-0.05, 0) is 12.5 Å². The van der Waals surface area contributed by atoms with E-state index in [-0.39, 0.29) is 5.69 Å². The Balaban J connectivity index is 2.22. The van der Waals surface area contributed by atoms with E-state index in [4.69, 9.17) is 15.7 Å². The van der Waals surface area contributed by atoms with Gasteiger partial charge in [-0.1, -0.05) is 39.0 Å². The van der Waals surface area contributed by atoms with Crippen LogP contribution in [-0.4, -0.2) is 11.6 Å². The fraction of sp³-hybridized carbons (Fsp3) is 0.571. The maximum Gasteiger partial charge on any atom is 0.214 e. The summed E-state index contributed by atoms with van der Waals surface area (Å²) < 4.78 is 5.49. The molecule has 0 amide bonds. The number of rotatable bonds is 8. The molecule has 0 unspecified atom stereocenters. The molecular weight excluding hydrogens is 226 g/mol. The van der Waals surface area contributed by atoms with Crippen LogP contribution in [0.15, 0.2) is 12.1 Å². The van der Waals surface area contributed by atoms with Crippen LogP contribution in [0.5, 0.6) is 5.88 Å². The number of nitriles is 1. The van der Waals surface area contributed by atoms with Crippen LogP contribution in [0.25, 0.3) is 0 Å². The highest BCUT2D eigenvalue weighted by Gasteiger charge is 2.02. The number of anilines is 1. The predicted molar refractivity (Wildman–Crippen MR) is 72.2 cm³/mol. The third-order valence-electron chi connectivity index (χ3n) is 2.75. The van der Waals surface area contributed by atoms with Crippen LogP contribution < -0.4 is 10.5 Å². The predicted octanol–water partition coefficient (Wildman–Crippen LogP) is 3.27. The molecule has 1 aromatic heterocycles. The largest absolute Gasteiger partial charge is 0.478 e. The second-order valence-corrected chi connectivity index (χ2v) is 4.32. The summed E-state index contributed by atoms with van der Waals surface area (Å²) in [7, 11) is 0. The van der Waals surface area contributed by atoms with Crippen LogP contribution in [0, 0.1) is 11.3 Å². The smallest absolute Gasteiger partial charge is 0.214 e. The van der Waals surface area contributed by atoms with Crippen molar-refractivity contribution in [2.45, 2.75) is 45.4 Å². The quantitative estimate of drug-likeness (QED) is 0.715. The third kappa shape index (κ3) is 5.05. The Bertz CT molecular complexity index is 399. The van der Waals surface area contributed by atoms with Gasteiger partial charge in [-0.2, -0.15) is 5.26 Å². The van der Waals surface area contributed by atoms with Crippen molar-refractivity contribution in [3.63, 3.8) is 0 Å². The van der Waals surface area contributed by atoms with E-state index in [1.807, 2.05) is 6.07 Å². The lowest BCUT2D eigenvalue weighted by molar-refractivity contribution is 0.293. The summed E-state index contributed by atoms with van der Waals surface area (Å²) in [6.45, 7) is 2.86. The van der Waals surface area contributed by atoms with Gasteiger partial charge in [0.25, 0.3) is 0 Å². The summed E-state index contributed by atoms with van der Waals surface area (Å²) in [5.41, 5.74) is 6.21. The normalized spacial score (nSPS) is 10.0. The molecule has 0 bridgehead atoms. The number of hydrogen-bond donors (Lipinski definition) is 1. The van der Waals surface area contributed by atoms with E-state index in [2.05, 4.69) is 11.9 Å². The Labute approximate surface area is 109 Å². The van der Waals surface area contributed by atoms with Crippen LogP contribution >= 0.6 is 0 Å². The number of pyridine rings is 1. The van der Waals surface area contributed by atoms with E-state index >= 15 is 0 Å². The first-order valence-electron chi connectivity index (χ1n) is 6.57. The Morgan fingerprint density at radius 1 is 1.22 bits per heavy atom. The number of unbranched alkanes of at least 4 members (excludes halogenated alkanes) is 5. The topological polar surface area (TPSA) is 71.9 Å². The Hall–Kier alpha value is -1.76. The van der Waals surface area contributed by atoms with Crippen molar-refractivity contribution in [3.05, 3.63) is 17.8 Å². The summed E-state index contributed by atoms with van der Waals surface area (Å²) in [5.74, 6) is 0.481. The van der Waals surface area contributed by atoms with E-state index in [9.17, 15) is 0 Å². The van der Waals surface area contributed by atoms with Gasteiger partial charge in [0, 0.05) is 6.07 Å². The lowest BCUT2D eigenvalue weighted by atomic mass is 10.1. The first-order valence-corrected chi connectivity index (χ1v) is 6.57. The van der Waals surface area contributed by atoms with Crippen molar-refractivity contribution >= 4 is 5.69 Å². The molecule has 1 aromatic rings. The van der Waals surface area contributed by atoms with Gasteiger partial charge in [-0.15, -0.1) is 0 Å². The highest BCUT2D eigenvalue weighted by Crippen LogP contribution is 2.14. The molecule has 4 nitrogen and oxygen atoms in total. The first kappa shape index (κ1) is 14.3. The second kappa shape index (κ2) is 8.35. The molecule has 0 saturated heterocycles. The standard InChI is InChI=1S/C14H21N3O/c1-2-3-4-5-6-7-10-18-14-9-8-12(16)13(11-15)17-14/h8-9H,2-7,10,16H2,1H3. The van der Waals surface area contributed by atoms with E-state index in [1.54, 1.807) is 12.1 Å². The minimum Gasteiger partial charge on any atom is -0.478 e. The van der Waals surface area contributed by atoms with Crippen LogP contribution in [-0.2, 0) is 0 Å². The van der Waals surface area contributed by atoms with Gasteiger partial charge in [0.2, 0.25) is 5.88 Å². The molecular formula is C14H21N3O. The Kier molecular flexibility index (Phi) is 6.63. The molecule has 0 aromatic carbocycles.